The molecule has 1 atom stereocenters. The first-order valence-electron chi connectivity index (χ1n) is 10.4. The van der Waals surface area contributed by atoms with Crippen LogP contribution >= 0.6 is 11.6 Å². The second kappa shape index (κ2) is 8.90. The maximum atomic E-state index is 14.5. The molecule has 1 aromatic carbocycles. The van der Waals surface area contributed by atoms with Crippen LogP contribution in [0.3, 0.4) is 0 Å². The van der Waals surface area contributed by atoms with Crippen LogP contribution in [-0.4, -0.2) is 69.4 Å². The highest BCUT2D eigenvalue weighted by Crippen LogP contribution is 2.31. The van der Waals surface area contributed by atoms with Gasteiger partial charge in [0.1, 0.15) is 5.82 Å². The first kappa shape index (κ1) is 23.4. The third-order valence-electron chi connectivity index (χ3n) is 5.80. The number of aryl methyl sites for hydroxylation is 1. The summed E-state index contributed by atoms with van der Waals surface area (Å²) in [6.45, 7) is 4.08. The number of aromatic nitrogens is 3. The van der Waals surface area contributed by atoms with Crippen LogP contribution in [0.5, 0.6) is 0 Å². The van der Waals surface area contributed by atoms with Crippen LogP contribution in [0.1, 0.15) is 22.8 Å². The minimum absolute atomic E-state index is 0.00807. The van der Waals surface area contributed by atoms with Crippen LogP contribution in [0, 0.1) is 12.7 Å². The number of hydrogen-bond donors (Lipinski definition) is 1. The molecule has 0 spiro atoms. The van der Waals surface area contributed by atoms with E-state index < -0.39 is 28.7 Å². The van der Waals surface area contributed by atoms with E-state index >= 15 is 0 Å². The largest absolute Gasteiger partial charge is 0.465 e. The van der Waals surface area contributed by atoms with Crippen molar-refractivity contribution in [2.45, 2.75) is 19.9 Å². The summed E-state index contributed by atoms with van der Waals surface area (Å²) in [6.07, 6.45) is -1.05. The van der Waals surface area contributed by atoms with Crippen molar-refractivity contribution in [3.8, 4) is 5.69 Å². The first-order chi connectivity index (χ1) is 16.1. The molecular weight excluding hydrogens is 469 g/mol. The predicted molar refractivity (Wildman–Crippen MR) is 123 cm³/mol. The molecule has 2 aromatic heterocycles. The molecule has 1 aliphatic heterocycles. The zero-order chi connectivity index (χ0) is 24.7. The van der Waals surface area contributed by atoms with E-state index in [1.165, 1.54) is 18.1 Å². The molecule has 1 N–H and O–H groups in total. The Morgan fingerprint density at radius 3 is 2.65 bits per heavy atom. The second-order valence-electron chi connectivity index (χ2n) is 7.92. The molecular formula is C22H21ClFN5O5. The molecule has 178 valence electrons. The van der Waals surface area contributed by atoms with Gasteiger partial charge in [-0.05, 0) is 31.5 Å². The van der Waals surface area contributed by atoms with E-state index in [2.05, 4.69) is 9.97 Å². The van der Waals surface area contributed by atoms with Crippen molar-refractivity contribution in [1.29, 1.82) is 0 Å². The molecule has 1 fully saturated rings. The van der Waals surface area contributed by atoms with Crippen LogP contribution in [0.4, 0.5) is 15.0 Å². The monoisotopic (exact) mass is 489 g/mol. The molecule has 10 nitrogen and oxygen atoms in total. The van der Waals surface area contributed by atoms with Crippen molar-refractivity contribution in [3.63, 3.8) is 0 Å². The number of esters is 1. The standard InChI is InChI=1S/C22H21ClFN5O5/c1-11-5-4-6-13(20(30)34-3)16(11)29-19-14(9-15(24)17(23)25-19)18(26-21(29)31)28-8-7-27(22(32)33)10-12(28)2/h4-6,9,12H,7-8,10H2,1-3H3,(H,32,33)/t12-/m0/s1. The van der Waals surface area contributed by atoms with Gasteiger partial charge in [-0.3, -0.25) is 0 Å². The number of hydrogen-bond acceptors (Lipinski definition) is 7. The summed E-state index contributed by atoms with van der Waals surface area (Å²) in [4.78, 5) is 48.5. The molecule has 0 unspecified atom stereocenters. The van der Waals surface area contributed by atoms with Gasteiger partial charge in [0.05, 0.1) is 23.7 Å². The maximum absolute atomic E-state index is 14.5. The molecule has 34 heavy (non-hydrogen) atoms. The third-order valence-corrected chi connectivity index (χ3v) is 6.06. The maximum Gasteiger partial charge on any atom is 0.407 e. The lowest BCUT2D eigenvalue weighted by Gasteiger charge is -2.39. The third kappa shape index (κ3) is 3.92. The van der Waals surface area contributed by atoms with Crippen molar-refractivity contribution in [2.75, 3.05) is 31.6 Å². The fraction of sp³-hybridized carbons (Fsp3) is 0.318. The van der Waals surface area contributed by atoms with E-state index in [0.717, 1.165) is 10.6 Å². The van der Waals surface area contributed by atoms with Gasteiger partial charge in [-0.15, -0.1) is 0 Å². The van der Waals surface area contributed by atoms with Gasteiger partial charge in [0.15, 0.2) is 16.6 Å². The average Bonchev–Trinajstić information content (AvgIpc) is 2.80. The van der Waals surface area contributed by atoms with Crippen molar-refractivity contribution in [1.82, 2.24) is 19.4 Å². The highest BCUT2D eigenvalue weighted by atomic mass is 35.5. The van der Waals surface area contributed by atoms with E-state index in [4.69, 9.17) is 16.3 Å². The molecule has 1 saturated heterocycles. The van der Waals surface area contributed by atoms with Gasteiger partial charge in [-0.1, -0.05) is 23.7 Å². The number of nitrogens with zero attached hydrogens (tertiary/aromatic N) is 5. The molecule has 0 bridgehead atoms. The lowest BCUT2D eigenvalue weighted by molar-refractivity contribution is 0.0600. The van der Waals surface area contributed by atoms with Gasteiger partial charge in [0.2, 0.25) is 0 Å². The number of ether oxygens (including phenoxy) is 1. The quantitative estimate of drug-likeness (QED) is 0.441. The number of methoxy groups -OCH3 is 1. The van der Waals surface area contributed by atoms with Crippen molar-refractivity contribution >= 4 is 40.5 Å². The van der Waals surface area contributed by atoms with E-state index in [9.17, 15) is 23.9 Å². The Morgan fingerprint density at radius 1 is 1.26 bits per heavy atom. The molecule has 12 heteroatoms. The molecule has 1 aliphatic rings. The summed E-state index contributed by atoms with van der Waals surface area (Å²) in [6, 6.07) is 5.63. The highest BCUT2D eigenvalue weighted by molar-refractivity contribution is 6.30. The van der Waals surface area contributed by atoms with Crippen molar-refractivity contribution in [3.05, 3.63) is 56.8 Å². The fourth-order valence-electron chi connectivity index (χ4n) is 4.18. The second-order valence-corrected chi connectivity index (χ2v) is 8.28. The summed E-state index contributed by atoms with van der Waals surface area (Å²) in [5.41, 5.74) is 0.110. The molecule has 4 rings (SSSR count). The number of carbonyl (C=O) groups excluding carboxylic acids is 1. The Kier molecular flexibility index (Phi) is 6.13. The highest BCUT2D eigenvalue weighted by Gasteiger charge is 2.30. The number of piperazine rings is 1. The van der Waals surface area contributed by atoms with Crippen LogP contribution < -0.4 is 10.6 Å². The van der Waals surface area contributed by atoms with E-state index in [0.29, 0.717) is 5.56 Å². The van der Waals surface area contributed by atoms with Crippen LogP contribution in [0.25, 0.3) is 16.7 Å². The van der Waals surface area contributed by atoms with Crippen molar-refractivity contribution < 1.29 is 23.8 Å². The summed E-state index contributed by atoms with van der Waals surface area (Å²) in [5, 5.41) is 9.04. The molecule has 3 aromatic rings. The van der Waals surface area contributed by atoms with Gasteiger partial charge < -0.3 is 19.6 Å². The smallest absolute Gasteiger partial charge is 0.407 e. The molecule has 3 heterocycles. The van der Waals surface area contributed by atoms with E-state index in [-0.39, 0.29) is 53.8 Å². The number of anilines is 1. The Hall–Kier alpha value is -3.73. The number of amides is 1. The summed E-state index contributed by atoms with van der Waals surface area (Å²) < 4.78 is 20.5. The van der Waals surface area contributed by atoms with E-state index in [1.807, 2.05) is 0 Å². The van der Waals surface area contributed by atoms with Crippen LogP contribution in [-0.2, 0) is 4.74 Å². The van der Waals surface area contributed by atoms with E-state index in [1.54, 1.807) is 30.9 Å². The number of fused-ring (bicyclic) bond motifs is 1. The van der Waals surface area contributed by atoms with Crippen molar-refractivity contribution in [2.24, 2.45) is 0 Å². The van der Waals surface area contributed by atoms with Gasteiger partial charge in [0, 0.05) is 25.7 Å². The minimum atomic E-state index is -1.05. The first-order valence-corrected chi connectivity index (χ1v) is 10.7. The summed E-state index contributed by atoms with van der Waals surface area (Å²) in [7, 11) is 1.22. The summed E-state index contributed by atoms with van der Waals surface area (Å²) in [5.74, 6) is -1.32. The summed E-state index contributed by atoms with van der Waals surface area (Å²) >= 11 is 5.99. The van der Waals surface area contributed by atoms with Crippen LogP contribution in [0.2, 0.25) is 5.15 Å². The fourth-order valence-corrected chi connectivity index (χ4v) is 4.32. The normalized spacial score (nSPS) is 16.1. The number of rotatable bonds is 3. The molecule has 1 amide bonds. The topological polar surface area (TPSA) is 118 Å². The Morgan fingerprint density at radius 2 is 2.00 bits per heavy atom. The zero-order valence-corrected chi connectivity index (χ0v) is 19.3. The Balaban J connectivity index is 2.00. The molecule has 0 saturated carbocycles. The van der Waals surface area contributed by atoms with Gasteiger partial charge in [-0.25, -0.2) is 28.3 Å². The van der Waals surface area contributed by atoms with Crippen LogP contribution in [0.15, 0.2) is 29.1 Å². The number of carbonyl (C=O) groups is 2. The lowest BCUT2D eigenvalue weighted by Crippen LogP contribution is -2.54. The van der Waals surface area contributed by atoms with Gasteiger partial charge in [-0.2, -0.15) is 4.98 Å². The Labute approximate surface area is 198 Å². The molecule has 0 radical (unpaired) electrons. The number of para-hydroxylation sites is 1. The SMILES string of the molecule is COC(=O)c1cccc(C)c1-n1c(=O)nc(N2CCN(C(=O)O)C[C@@H]2C)c2cc(F)c(Cl)nc21. The number of carboxylic acid groups (broad SMARTS) is 1. The number of pyridine rings is 1. The number of halogens is 2. The zero-order valence-electron chi connectivity index (χ0n) is 18.6. The van der Waals surface area contributed by atoms with Gasteiger partial charge in [0.25, 0.3) is 0 Å². The lowest BCUT2D eigenvalue weighted by atomic mass is 10.1. The minimum Gasteiger partial charge on any atom is -0.465 e. The Bertz CT molecular complexity index is 1380. The average molecular weight is 490 g/mol. The predicted octanol–water partition coefficient (Wildman–Crippen LogP) is 2.86. The van der Waals surface area contributed by atoms with Gasteiger partial charge >= 0.3 is 17.8 Å². The number of benzene rings is 1. The molecule has 0 aliphatic carbocycles.